The zero-order valence-electron chi connectivity index (χ0n) is 17.9. The van der Waals surface area contributed by atoms with Gasteiger partial charge in [-0.1, -0.05) is 25.0 Å². The molecule has 2 saturated heterocycles. The number of imide groups is 1. The van der Waals surface area contributed by atoms with Crippen molar-refractivity contribution in [1.29, 1.82) is 0 Å². The molecule has 32 heavy (non-hydrogen) atoms. The van der Waals surface area contributed by atoms with Crippen LogP contribution in [0.5, 0.6) is 5.75 Å². The molecule has 0 atom stereocenters. The molecular formula is C23H26N4O5. The molecule has 3 heterocycles. The van der Waals surface area contributed by atoms with Crippen LogP contribution in [0.2, 0.25) is 0 Å². The van der Waals surface area contributed by atoms with E-state index in [0.717, 1.165) is 36.7 Å². The minimum Gasteiger partial charge on any atom is -0.495 e. The third-order valence-electron chi connectivity index (χ3n) is 5.46. The van der Waals surface area contributed by atoms with Gasteiger partial charge >= 0.3 is 6.03 Å². The maximum absolute atomic E-state index is 12.7. The summed E-state index contributed by atoms with van der Waals surface area (Å²) in [5.41, 5.74) is 0.524. The number of nitrogens with zero attached hydrogens (tertiary/aromatic N) is 2. The van der Waals surface area contributed by atoms with E-state index in [-0.39, 0.29) is 5.70 Å². The number of hydrogen-bond donors (Lipinski definition) is 2. The van der Waals surface area contributed by atoms with Crippen molar-refractivity contribution in [3.8, 4) is 5.75 Å². The molecule has 2 aliphatic heterocycles. The Morgan fingerprint density at radius 1 is 1.12 bits per heavy atom. The summed E-state index contributed by atoms with van der Waals surface area (Å²) in [5.74, 6) is 0.604. The van der Waals surface area contributed by atoms with E-state index in [1.807, 2.05) is 6.07 Å². The smallest absolute Gasteiger partial charge is 0.329 e. The number of para-hydroxylation sites is 2. The molecule has 2 fully saturated rings. The molecule has 1 aromatic carbocycles. The number of hydrogen-bond acceptors (Lipinski definition) is 6. The van der Waals surface area contributed by atoms with Gasteiger partial charge in [-0.3, -0.25) is 9.59 Å². The highest BCUT2D eigenvalue weighted by Gasteiger charge is 2.35. The number of rotatable bonds is 6. The summed E-state index contributed by atoms with van der Waals surface area (Å²) in [6.45, 7) is 1.46. The quantitative estimate of drug-likeness (QED) is 0.530. The number of carbonyl (C=O) groups excluding carboxylic acids is 3. The Labute approximate surface area is 186 Å². The second-order valence-electron chi connectivity index (χ2n) is 7.71. The number of ether oxygens (including phenoxy) is 1. The predicted molar refractivity (Wildman–Crippen MR) is 119 cm³/mol. The van der Waals surface area contributed by atoms with E-state index < -0.39 is 24.4 Å². The van der Waals surface area contributed by atoms with Crippen molar-refractivity contribution in [2.75, 3.05) is 37.0 Å². The van der Waals surface area contributed by atoms with Gasteiger partial charge in [-0.05, 0) is 31.0 Å². The lowest BCUT2D eigenvalue weighted by Gasteiger charge is -2.18. The topological polar surface area (TPSA) is 104 Å². The van der Waals surface area contributed by atoms with E-state index in [2.05, 4.69) is 15.5 Å². The number of nitrogens with one attached hydrogen (secondary N) is 2. The van der Waals surface area contributed by atoms with Gasteiger partial charge in [0.2, 0.25) is 5.91 Å². The van der Waals surface area contributed by atoms with Gasteiger partial charge in [0.25, 0.3) is 5.91 Å². The highest BCUT2D eigenvalue weighted by molar-refractivity contribution is 6.15. The highest BCUT2D eigenvalue weighted by Crippen LogP contribution is 2.25. The van der Waals surface area contributed by atoms with Gasteiger partial charge in [-0.15, -0.1) is 0 Å². The van der Waals surface area contributed by atoms with Crippen LogP contribution >= 0.6 is 0 Å². The minimum absolute atomic E-state index is 0.0665. The van der Waals surface area contributed by atoms with Crippen LogP contribution in [0, 0.1) is 0 Å². The Morgan fingerprint density at radius 3 is 2.62 bits per heavy atom. The third-order valence-corrected chi connectivity index (χ3v) is 5.46. The second kappa shape index (κ2) is 9.59. The van der Waals surface area contributed by atoms with Crippen LogP contribution in [0.3, 0.4) is 0 Å². The molecular weight excluding hydrogens is 412 g/mol. The largest absolute Gasteiger partial charge is 0.495 e. The van der Waals surface area contributed by atoms with E-state index in [9.17, 15) is 14.4 Å². The van der Waals surface area contributed by atoms with Crippen molar-refractivity contribution in [2.45, 2.75) is 25.7 Å². The summed E-state index contributed by atoms with van der Waals surface area (Å²) < 4.78 is 11.1. The Bertz CT molecular complexity index is 1040. The average Bonchev–Trinajstić information content (AvgIpc) is 3.22. The van der Waals surface area contributed by atoms with Crippen molar-refractivity contribution in [3.05, 3.63) is 47.9 Å². The van der Waals surface area contributed by atoms with Crippen LogP contribution in [0.15, 0.2) is 46.5 Å². The molecule has 2 N–H and O–H groups in total. The zero-order chi connectivity index (χ0) is 22.5. The van der Waals surface area contributed by atoms with Crippen molar-refractivity contribution in [2.24, 2.45) is 0 Å². The number of furan rings is 1. The molecule has 0 saturated carbocycles. The monoisotopic (exact) mass is 438 g/mol. The fourth-order valence-corrected chi connectivity index (χ4v) is 3.82. The minimum atomic E-state index is -0.657. The molecule has 9 nitrogen and oxygen atoms in total. The summed E-state index contributed by atoms with van der Waals surface area (Å²) in [6, 6.07) is 9.88. The lowest BCUT2D eigenvalue weighted by molar-refractivity contribution is -0.127. The molecule has 1 aromatic heterocycles. The lowest BCUT2D eigenvalue weighted by Crippen LogP contribution is -2.38. The van der Waals surface area contributed by atoms with Gasteiger partial charge in [-0.2, -0.15) is 0 Å². The van der Waals surface area contributed by atoms with E-state index >= 15 is 0 Å². The van der Waals surface area contributed by atoms with Crippen LogP contribution < -0.4 is 20.3 Å². The number of methoxy groups -OCH3 is 1. The van der Waals surface area contributed by atoms with Crippen molar-refractivity contribution < 1.29 is 23.5 Å². The zero-order valence-corrected chi connectivity index (χ0v) is 17.9. The van der Waals surface area contributed by atoms with E-state index in [4.69, 9.17) is 9.15 Å². The van der Waals surface area contributed by atoms with E-state index in [0.29, 0.717) is 17.2 Å². The summed E-state index contributed by atoms with van der Waals surface area (Å²) in [4.78, 5) is 40.5. The summed E-state index contributed by atoms with van der Waals surface area (Å²) in [6.07, 6.45) is 6.17. The van der Waals surface area contributed by atoms with Crippen molar-refractivity contribution in [1.82, 2.24) is 10.2 Å². The summed E-state index contributed by atoms with van der Waals surface area (Å²) in [5, 5.41) is 5.17. The lowest BCUT2D eigenvalue weighted by atomic mass is 10.2. The fraction of sp³-hybridized carbons (Fsp3) is 0.348. The number of amides is 4. The van der Waals surface area contributed by atoms with Gasteiger partial charge < -0.3 is 24.7 Å². The molecule has 0 bridgehead atoms. The Balaban J connectivity index is 1.41. The van der Waals surface area contributed by atoms with Crippen LogP contribution in [-0.4, -0.2) is 49.5 Å². The second-order valence-corrected chi connectivity index (χ2v) is 7.71. The Morgan fingerprint density at radius 2 is 1.88 bits per heavy atom. The molecule has 2 aliphatic rings. The molecule has 168 valence electrons. The third kappa shape index (κ3) is 4.77. The van der Waals surface area contributed by atoms with Crippen LogP contribution in [0.25, 0.3) is 6.08 Å². The fourth-order valence-electron chi connectivity index (χ4n) is 3.82. The standard InChI is InChI=1S/C23H26N4O5/c1-31-19-9-5-4-8-17(19)24-20(28)15-27-22(29)18(25-23(27)30)14-16-10-11-21(32-16)26-12-6-2-3-7-13-26/h4-5,8-11,14H,2-3,6-7,12-13,15H2,1H3,(H,24,28)(H,25,30)/b18-14+. The number of anilines is 2. The molecule has 0 aliphatic carbocycles. The van der Waals surface area contributed by atoms with Gasteiger partial charge in [0.1, 0.15) is 23.8 Å². The Hall–Kier alpha value is -3.75. The highest BCUT2D eigenvalue weighted by atomic mass is 16.5. The molecule has 4 rings (SSSR count). The van der Waals surface area contributed by atoms with Crippen LogP contribution in [-0.2, 0) is 9.59 Å². The molecule has 0 spiro atoms. The maximum atomic E-state index is 12.7. The SMILES string of the molecule is COc1ccccc1NC(=O)CN1C(=O)N/C(=C/c2ccc(N3CCCCCC3)o2)C1=O. The molecule has 9 heteroatoms. The average molecular weight is 438 g/mol. The first-order valence-electron chi connectivity index (χ1n) is 10.7. The maximum Gasteiger partial charge on any atom is 0.329 e. The Kier molecular flexibility index (Phi) is 6.44. The summed E-state index contributed by atoms with van der Waals surface area (Å²) in [7, 11) is 1.49. The number of urea groups is 1. The normalized spacial score (nSPS) is 18.0. The van der Waals surface area contributed by atoms with Gasteiger partial charge in [0, 0.05) is 25.2 Å². The summed E-state index contributed by atoms with van der Waals surface area (Å²) >= 11 is 0. The molecule has 0 radical (unpaired) electrons. The van der Waals surface area contributed by atoms with Gasteiger partial charge in [0.05, 0.1) is 12.8 Å². The van der Waals surface area contributed by atoms with E-state index in [1.54, 1.807) is 30.3 Å². The predicted octanol–water partition coefficient (Wildman–Crippen LogP) is 3.20. The first kappa shape index (κ1) is 21.5. The first-order valence-corrected chi connectivity index (χ1v) is 10.7. The first-order chi connectivity index (χ1) is 15.5. The number of benzene rings is 1. The van der Waals surface area contributed by atoms with Crippen LogP contribution in [0.1, 0.15) is 31.4 Å². The van der Waals surface area contributed by atoms with E-state index in [1.165, 1.54) is 26.0 Å². The number of carbonyl (C=O) groups is 3. The van der Waals surface area contributed by atoms with Gasteiger partial charge in [0.15, 0.2) is 5.88 Å². The van der Waals surface area contributed by atoms with Crippen molar-refractivity contribution >= 4 is 35.5 Å². The molecule has 2 aromatic rings. The molecule has 4 amide bonds. The van der Waals surface area contributed by atoms with Gasteiger partial charge in [-0.25, -0.2) is 9.69 Å². The molecule has 0 unspecified atom stereocenters. The van der Waals surface area contributed by atoms with Crippen molar-refractivity contribution in [3.63, 3.8) is 0 Å². The van der Waals surface area contributed by atoms with Crippen LogP contribution in [0.4, 0.5) is 16.4 Å².